The van der Waals surface area contributed by atoms with Crippen LogP contribution in [0, 0.1) is 15.9 Å². The lowest BCUT2D eigenvalue weighted by molar-refractivity contribution is -0.384. The zero-order valence-electron chi connectivity index (χ0n) is 13.4. The summed E-state index contributed by atoms with van der Waals surface area (Å²) in [6, 6.07) is 12.3. The second kappa shape index (κ2) is 8.98. The van der Waals surface area contributed by atoms with Crippen molar-refractivity contribution in [3.63, 3.8) is 0 Å². The van der Waals surface area contributed by atoms with Gasteiger partial charge >= 0.3 is 0 Å². The number of carbonyl (C=O) groups excluding carboxylic acids is 1. The zero-order chi connectivity index (χ0) is 18.2. The summed E-state index contributed by atoms with van der Waals surface area (Å²) in [6.45, 7) is 4.11. The van der Waals surface area contributed by atoms with E-state index in [4.69, 9.17) is 0 Å². The molecule has 0 spiro atoms. The summed E-state index contributed by atoms with van der Waals surface area (Å²) in [5.41, 5.74) is 0.446. The number of thioether (sulfide) groups is 1. The van der Waals surface area contributed by atoms with Crippen molar-refractivity contribution in [3.8, 4) is 0 Å². The van der Waals surface area contributed by atoms with Crippen LogP contribution in [0.3, 0.4) is 0 Å². The molecule has 0 heterocycles. The van der Waals surface area contributed by atoms with Gasteiger partial charge in [-0.25, -0.2) is 4.39 Å². The fourth-order valence-electron chi connectivity index (χ4n) is 2.14. The highest BCUT2D eigenvalue weighted by atomic mass is 32.2. The highest BCUT2D eigenvalue weighted by Gasteiger charge is 2.15. The second-order valence-corrected chi connectivity index (χ2v) is 6.24. The Hall–Kier alpha value is -2.67. The van der Waals surface area contributed by atoms with Crippen LogP contribution < -0.4 is 0 Å². The number of nitro benzene ring substituents is 1. The first-order chi connectivity index (χ1) is 12.0. The third-order valence-corrected chi connectivity index (χ3v) is 4.43. The van der Waals surface area contributed by atoms with E-state index < -0.39 is 4.92 Å². The van der Waals surface area contributed by atoms with Crippen LogP contribution in [0.1, 0.15) is 5.56 Å². The molecule has 7 heteroatoms. The maximum absolute atomic E-state index is 13.8. The minimum atomic E-state index is -0.472. The molecule has 130 valence electrons. The lowest BCUT2D eigenvalue weighted by Crippen LogP contribution is -2.32. The fourth-order valence-corrected chi connectivity index (χ4v) is 2.94. The van der Waals surface area contributed by atoms with Gasteiger partial charge in [0, 0.05) is 35.7 Å². The molecule has 0 unspecified atom stereocenters. The Labute approximate surface area is 149 Å². The van der Waals surface area contributed by atoms with Crippen LogP contribution >= 0.6 is 11.8 Å². The van der Waals surface area contributed by atoms with Crippen molar-refractivity contribution in [1.82, 2.24) is 4.90 Å². The van der Waals surface area contributed by atoms with Crippen LogP contribution in [0.15, 0.2) is 66.1 Å². The molecule has 0 bridgehead atoms. The maximum atomic E-state index is 13.8. The number of carbonyl (C=O) groups is 1. The average Bonchev–Trinajstić information content (AvgIpc) is 2.61. The minimum absolute atomic E-state index is 0.00325. The highest BCUT2D eigenvalue weighted by Crippen LogP contribution is 2.22. The number of hydrogen-bond acceptors (Lipinski definition) is 4. The summed E-state index contributed by atoms with van der Waals surface area (Å²) in [6.07, 6.45) is 1.59. The third-order valence-electron chi connectivity index (χ3n) is 3.43. The number of amides is 1. The molecule has 0 radical (unpaired) electrons. The predicted molar refractivity (Wildman–Crippen MR) is 95.8 cm³/mol. The molecule has 5 nitrogen and oxygen atoms in total. The number of nitro groups is 1. The summed E-state index contributed by atoms with van der Waals surface area (Å²) >= 11 is 1.28. The van der Waals surface area contributed by atoms with Crippen molar-refractivity contribution < 1.29 is 14.1 Å². The SMILES string of the molecule is C=CCN(Cc1ccccc1F)C(=O)CSc1ccc([N+](=O)[O-])cc1. The van der Waals surface area contributed by atoms with Crippen LogP contribution in [0.5, 0.6) is 0 Å². The molecule has 0 N–H and O–H groups in total. The fraction of sp³-hybridized carbons (Fsp3) is 0.167. The molecule has 0 fully saturated rings. The first-order valence-corrected chi connectivity index (χ1v) is 8.49. The van der Waals surface area contributed by atoms with Crippen LogP contribution in [0.25, 0.3) is 0 Å². The maximum Gasteiger partial charge on any atom is 0.269 e. The molecule has 0 saturated carbocycles. The topological polar surface area (TPSA) is 63.5 Å². The van der Waals surface area contributed by atoms with Gasteiger partial charge < -0.3 is 4.90 Å². The zero-order valence-corrected chi connectivity index (χ0v) is 14.2. The monoisotopic (exact) mass is 360 g/mol. The van der Waals surface area contributed by atoms with Gasteiger partial charge in [0.1, 0.15) is 5.82 Å². The Morgan fingerprint density at radius 3 is 2.52 bits per heavy atom. The van der Waals surface area contributed by atoms with E-state index in [0.717, 1.165) is 4.90 Å². The largest absolute Gasteiger partial charge is 0.334 e. The molecular formula is C18H17FN2O3S. The van der Waals surface area contributed by atoms with E-state index in [2.05, 4.69) is 6.58 Å². The van der Waals surface area contributed by atoms with Gasteiger partial charge in [-0.15, -0.1) is 18.3 Å². The van der Waals surface area contributed by atoms with Gasteiger partial charge in [-0.1, -0.05) is 24.3 Å². The molecule has 0 saturated heterocycles. The van der Waals surface area contributed by atoms with Gasteiger partial charge in [-0.2, -0.15) is 0 Å². The molecule has 0 aromatic heterocycles. The molecule has 0 aliphatic carbocycles. The summed E-state index contributed by atoms with van der Waals surface area (Å²) in [5, 5.41) is 10.6. The first-order valence-electron chi connectivity index (χ1n) is 7.50. The van der Waals surface area contributed by atoms with Crippen molar-refractivity contribution in [2.75, 3.05) is 12.3 Å². The number of hydrogen-bond donors (Lipinski definition) is 0. The van der Waals surface area contributed by atoms with E-state index in [-0.39, 0.29) is 29.7 Å². The van der Waals surface area contributed by atoms with Gasteiger partial charge in [-0.05, 0) is 18.2 Å². The van der Waals surface area contributed by atoms with E-state index in [1.165, 1.54) is 34.9 Å². The molecule has 0 aliphatic rings. The van der Waals surface area contributed by atoms with E-state index >= 15 is 0 Å². The molecular weight excluding hydrogens is 343 g/mol. The Morgan fingerprint density at radius 1 is 1.24 bits per heavy atom. The van der Waals surface area contributed by atoms with Crippen LogP contribution in [-0.4, -0.2) is 28.0 Å². The Balaban J connectivity index is 1.99. The van der Waals surface area contributed by atoms with E-state index in [1.54, 1.807) is 36.4 Å². The molecule has 0 aliphatic heterocycles. The second-order valence-electron chi connectivity index (χ2n) is 5.19. The van der Waals surface area contributed by atoms with E-state index in [9.17, 15) is 19.3 Å². The van der Waals surface area contributed by atoms with Gasteiger partial charge in [0.2, 0.25) is 5.91 Å². The van der Waals surface area contributed by atoms with Gasteiger partial charge in [0.15, 0.2) is 0 Å². The Morgan fingerprint density at radius 2 is 1.92 bits per heavy atom. The third kappa shape index (κ3) is 5.42. The van der Waals surface area contributed by atoms with Crippen molar-refractivity contribution in [2.45, 2.75) is 11.4 Å². The van der Waals surface area contributed by atoms with Crippen molar-refractivity contribution in [1.29, 1.82) is 0 Å². The number of nitrogens with zero attached hydrogens (tertiary/aromatic N) is 2. The van der Waals surface area contributed by atoms with Crippen LogP contribution in [0.2, 0.25) is 0 Å². The van der Waals surface area contributed by atoms with Gasteiger partial charge in [-0.3, -0.25) is 14.9 Å². The molecule has 0 atom stereocenters. The molecule has 2 aromatic carbocycles. The normalized spacial score (nSPS) is 10.3. The first kappa shape index (κ1) is 18.7. The number of benzene rings is 2. The lowest BCUT2D eigenvalue weighted by atomic mass is 10.2. The van der Waals surface area contributed by atoms with Crippen molar-refractivity contribution in [2.24, 2.45) is 0 Å². The van der Waals surface area contributed by atoms with Crippen LogP contribution in [-0.2, 0) is 11.3 Å². The number of non-ortho nitro benzene ring substituents is 1. The molecule has 2 aromatic rings. The lowest BCUT2D eigenvalue weighted by Gasteiger charge is -2.21. The quantitative estimate of drug-likeness (QED) is 0.308. The molecule has 2 rings (SSSR count). The minimum Gasteiger partial charge on any atom is -0.334 e. The molecule has 25 heavy (non-hydrogen) atoms. The average molecular weight is 360 g/mol. The van der Waals surface area contributed by atoms with E-state index in [1.807, 2.05) is 0 Å². The predicted octanol–water partition coefficient (Wildman–Crippen LogP) is 4.04. The Kier molecular flexibility index (Phi) is 6.71. The highest BCUT2D eigenvalue weighted by molar-refractivity contribution is 8.00. The number of rotatable bonds is 8. The number of halogens is 1. The smallest absolute Gasteiger partial charge is 0.269 e. The van der Waals surface area contributed by atoms with Gasteiger partial charge in [0.05, 0.1) is 10.7 Å². The van der Waals surface area contributed by atoms with Gasteiger partial charge in [0.25, 0.3) is 5.69 Å². The summed E-state index contributed by atoms with van der Waals surface area (Å²) in [5.74, 6) is -0.362. The Bertz CT molecular complexity index is 765. The summed E-state index contributed by atoms with van der Waals surface area (Å²) in [7, 11) is 0. The molecule has 1 amide bonds. The van der Waals surface area contributed by atoms with Crippen molar-refractivity contribution in [3.05, 3.63) is 82.7 Å². The summed E-state index contributed by atoms with van der Waals surface area (Å²) < 4.78 is 13.8. The standard InChI is InChI=1S/C18H17FN2O3S/c1-2-11-20(12-14-5-3-4-6-17(14)19)18(22)13-25-16-9-7-15(8-10-16)21(23)24/h2-10H,1,11-13H2. The van der Waals surface area contributed by atoms with E-state index in [0.29, 0.717) is 12.1 Å². The van der Waals surface area contributed by atoms with Crippen molar-refractivity contribution >= 4 is 23.4 Å². The van der Waals surface area contributed by atoms with Crippen LogP contribution in [0.4, 0.5) is 10.1 Å². The summed E-state index contributed by atoms with van der Waals surface area (Å²) in [4.78, 5) is 24.9.